The van der Waals surface area contributed by atoms with Gasteiger partial charge in [-0.3, -0.25) is 0 Å². The summed E-state index contributed by atoms with van der Waals surface area (Å²) in [4.78, 5) is 15.6. The largest absolute Gasteiger partial charge is 0.486 e. The van der Waals surface area contributed by atoms with Crippen molar-refractivity contribution in [2.24, 2.45) is 7.05 Å². The first kappa shape index (κ1) is 19.7. The summed E-state index contributed by atoms with van der Waals surface area (Å²) in [7, 11) is 1.84. The SMILES string of the molecule is Cn1c(COc2cccc(C(=O)O)c2)nc2ccc(Oc3ccc(Cl)c(F)c3)cc21. The Balaban J connectivity index is 1.54. The van der Waals surface area contributed by atoms with E-state index in [1.807, 2.05) is 11.6 Å². The van der Waals surface area contributed by atoms with E-state index in [0.29, 0.717) is 23.1 Å². The van der Waals surface area contributed by atoms with Crippen molar-refractivity contribution in [1.29, 1.82) is 0 Å². The number of hydrogen-bond donors (Lipinski definition) is 1. The minimum atomic E-state index is -1.02. The van der Waals surface area contributed by atoms with Gasteiger partial charge in [0.15, 0.2) is 0 Å². The normalized spacial score (nSPS) is 10.9. The van der Waals surface area contributed by atoms with Crippen LogP contribution in [-0.2, 0) is 13.7 Å². The number of hydrogen-bond acceptors (Lipinski definition) is 4. The molecule has 0 saturated carbocycles. The molecule has 4 aromatic rings. The number of ether oxygens (including phenoxy) is 2. The lowest BCUT2D eigenvalue weighted by Crippen LogP contribution is -2.04. The van der Waals surface area contributed by atoms with Crippen molar-refractivity contribution < 1.29 is 23.8 Å². The third kappa shape index (κ3) is 4.06. The van der Waals surface area contributed by atoms with Crippen molar-refractivity contribution in [3.8, 4) is 17.2 Å². The zero-order chi connectivity index (χ0) is 21.3. The Kier molecular flexibility index (Phi) is 5.29. The molecule has 0 aliphatic rings. The lowest BCUT2D eigenvalue weighted by atomic mass is 10.2. The van der Waals surface area contributed by atoms with Gasteiger partial charge in [-0.1, -0.05) is 17.7 Å². The van der Waals surface area contributed by atoms with Crippen molar-refractivity contribution in [2.45, 2.75) is 6.61 Å². The maximum atomic E-state index is 13.6. The molecule has 0 radical (unpaired) electrons. The fraction of sp³-hybridized carbons (Fsp3) is 0.0909. The minimum Gasteiger partial charge on any atom is -0.486 e. The molecule has 0 atom stereocenters. The lowest BCUT2D eigenvalue weighted by Gasteiger charge is -2.08. The van der Waals surface area contributed by atoms with Crippen LogP contribution in [0.3, 0.4) is 0 Å². The van der Waals surface area contributed by atoms with Crippen LogP contribution in [0.2, 0.25) is 5.02 Å². The molecule has 1 heterocycles. The topological polar surface area (TPSA) is 73.6 Å². The number of imidazole rings is 1. The number of carboxylic acid groups (broad SMARTS) is 1. The Morgan fingerprint density at radius 2 is 1.87 bits per heavy atom. The van der Waals surface area contributed by atoms with Gasteiger partial charge in [0, 0.05) is 19.2 Å². The molecular weight excluding hydrogens is 411 g/mol. The van der Waals surface area contributed by atoms with Crippen LogP contribution in [0.15, 0.2) is 60.7 Å². The van der Waals surface area contributed by atoms with Crippen LogP contribution in [-0.4, -0.2) is 20.6 Å². The molecule has 152 valence electrons. The van der Waals surface area contributed by atoms with E-state index in [1.54, 1.807) is 36.4 Å². The number of aromatic nitrogens is 2. The van der Waals surface area contributed by atoms with Crippen molar-refractivity contribution in [3.05, 3.63) is 82.9 Å². The number of halogens is 2. The lowest BCUT2D eigenvalue weighted by molar-refractivity contribution is 0.0696. The molecule has 0 amide bonds. The second-order valence-electron chi connectivity index (χ2n) is 6.54. The van der Waals surface area contributed by atoms with Gasteiger partial charge in [0.25, 0.3) is 0 Å². The van der Waals surface area contributed by atoms with Crippen LogP contribution >= 0.6 is 11.6 Å². The third-order valence-corrected chi connectivity index (χ3v) is 4.83. The number of aryl methyl sites for hydroxylation is 1. The molecule has 3 aromatic carbocycles. The predicted octanol–water partition coefficient (Wildman–Crippen LogP) is 5.44. The molecule has 0 spiro atoms. The quantitative estimate of drug-likeness (QED) is 0.444. The van der Waals surface area contributed by atoms with E-state index in [9.17, 15) is 9.18 Å². The van der Waals surface area contributed by atoms with Gasteiger partial charge in [0.1, 0.15) is 35.5 Å². The molecule has 0 aliphatic carbocycles. The summed E-state index contributed by atoms with van der Waals surface area (Å²) in [5.41, 5.74) is 1.70. The van der Waals surface area contributed by atoms with Crippen molar-refractivity contribution in [2.75, 3.05) is 0 Å². The maximum Gasteiger partial charge on any atom is 0.335 e. The van der Waals surface area contributed by atoms with E-state index >= 15 is 0 Å². The van der Waals surface area contributed by atoms with E-state index in [0.717, 1.165) is 11.0 Å². The third-order valence-electron chi connectivity index (χ3n) is 4.52. The summed E-state index contributed by atoms with van der Waals surface area (Å²) < 4.78 is 26.9. The molecule has 6 nitrogen and oxygen atoms in total. The first-order chi connectivity index (χ1) is 14.4. The second-order valence-corrected chi connectivity index (χ2v) is 6.94. The molecule has 1 aromatic heterocycles. The zero-order valence-corrected chi connectivity index (χ0v) is 16.6. The summed E-state index contributed by atoms with van der Waals surface area (Å²) in [6.07, 6.45) is 0. The number of fused-ring (bicyclic) bond motifs is 1. The summed E-state index contributed by atoms with van der Waals surface area (Å²) in [6.45, 7) is 0.160. The van der Waals surface area contributed by atoms with E-state index in [4.69, 9.17) is 26.2 Å². The van der Waals surface area contributed by atoms with Gasteiger partial charge in [-0.25, -0.2) is 14.2 Å². The van der Waals surface area contributed by atoms with Gasteiger partial charge in [0.2, 0.25) is 0 Å². The average molecular weight is 427 g/mol. The second kappa shape index (κ2) is 8.04. The van der Waals surface area contributed by atoms with E-state index in [-0.39, 0.29) is 17.2 Å². The van der Waals surface area contributed by atoms with Crippen molar-refractivity contribution >= 4 is 28.6 Å². The van der Waals surface area contributed by atoms with Gasteiger partial charge in [0.05, 0.1) is 21.6 Å². The van der Waals surface area contributed by atoms with Gasteiger partial charge in [-0.15, -0.1) is 0 Å². The summed E-state index contributed by atoms with van der Waals surface area (Å²) in [6, 6.07) is 15.8. The number of carbonyl (C=O) groups is 1. The van der Waals surface area contributed by atoms with Crippen LogP contribution in [0.4, 0.5) is 4.39 Å². The molecule has 30 heavy (non-hydrogen) atoms. The first-order valence-electron chi connectivity index (χ1n) is 8.95. The Labute approximate surface area is 176 Å². The number of carboxylic acids is 1. The Morgan fingerprint density at radius 1 is 1.10 bits per heavy atom. The number of rotatable bonds is 6. The fourth-order valence-electron chi connectivity index (χ4n) is 2.96. The van der Waals surface area contributed by atoms with E-state index in [1.165, 1.54) is 24.3 Å². The van der Waals surface area contributed by atoms with Gasteiger partial charge in [-0.2, -0.15) is 0 Å². The number of nitrogens with zero attached hydrogens (tertiary/aromatic N) is 2. The predicted molar refractivity (Wildman–Crippen MR) is 110 cm³/mol. The van der Waals surface area contributed by atoms with Crippen LogP contribution in [0, 0.1) is 5.82 Å². The Bertz CT molecular complexity index is 1260. The van der Waals surface area contributed by atoms with Crippen LogP contribution in [0.25, 0.3) is 11.0 Å². The smallest absolute Gasteiger partial charge is 0.335 e. The van der Waals surface area contributed by atoms with Crippen molar-refractivity contribution in [1.82, 2.24) is 9.55 Å². The zero-order valence-electron chi connectivity index (χ0n) is 15.8. The molecule has 4 rings (SSSR count). The Morgan fingerprint density at radius 3 is 2.63 bits per heavy atom. The summed E-state index contributed by atoms with van der Waals surface area (Å²) >= 11 is 5.70. The summed E-state index contributed by atoms with van der Waals surface area (Å²) in [5, 5.41) is 9.11. The standard InChI is InChI=1S/C22H16ClFN2O4/c1-26-20-11-16(30-15-5-7-17(23)18(24)10-15)6-8-19(20)25-21(26)12-29-14-4-2-3-13(9-14)22(27)28/h2-11H,12H2,1H3,(H,27,28). The molecule has 0 saturated heterocycles. The highest BCUT2D eigenvalue weighted by molar-refractivity contribution is 6.30. The van der Waals surface area contributed by atoms with Gasteiger partial charge >= 0.3 is 5.97 Å². The fourth-order valence-corrected chi connectivity index (χ4v) is 3.07. The highest BCUT2D eigenvalue weighted by Crippen LogP contribution is 2.28. The highest BCUT2D eigenvalue weighted by atomic mass is 35.5. The monoisotopic (exact) mass is 426 g/mol. The summed E-state index contributed by atoms with van der Waals surface area (Å²) in [5.74, 6) is 0.378. The molecule has 8 heteroatoms. The molecule has 0 aliphatic heterocycles. The molecule has 0 fully saturated rings. The van der Waals surface area contributed by atoms with Gasteiger partial charge < -0.3 is 19.1 Å². The van der Waals surface area contributed by atoms with Gasteiger partial charge in [-0.05, 0) is 42.5 Å². The molecule has 0 unspecified atom stereocenters. The van der Waals surface area contributed by atoms with Crippen LogP contribution in [0.1, 0.15) is 16.2 Å². The van der Waals surface area contributed by atoms with Crippen molar-refractivity contribution in [3.63, 3.8) is 0 Å². The Hall–Kier alpha value is -3.58. The highest BCUT2D eigenvalue weighted by Gasteiger charge is 2.11. The number of benzene rings is 3. The minimum absolute atomic E-state index is 0.0305. The van der Waals surface area contributed by atoms with Crippen LogP contribution < -0.4 is 9.47 Å². The first-order valence-corrected chi connectivity index (χ1v) is 9.33. The number of aromatic carboxylic acids is 1. The van der Waals surface area contributed by atoms with Crippen LogP contribution in [0.5, 0.6) is 17.2 Å². The maximum absolute atomic E-state index is 13.6. The van der Waals surface area contributed by atoms with E-state index < -0.39 is 11.8 Å². The average Bonchev–Trinajstić information content (AvgIpc) is 3.05. The molecule has 1 N–H and O–H groups in total. The molecule has 0 bridgehead atoms. The molecular formula is C22H16ClFN2O4. The van der Waals surface area contributed by atoms with E-state index in [2.05, 4.69) is 4.98 Å².